The predicted molar refractivity (Wildman–Crippen MR) is 88.0 cm³/mol. The van der Waals surface area contributed by atoms with Crippen molar-refractivity contribution in [2.45, 2.75) is 62.8 Å². The van der Waals surface area contributed by atoms with E-state index in [2.05, 4.69) is 0 Å². The summed E-state index contributed by atoms with van der Waals surface area (Å²) < 4.78 is 5.17. The molecule has 0 radical (unpaired) electrons. The van der Waals surface area contributed by atoms with E-state index in [1.807, 2.05) is 0 Å². The van der Waals surface area contributed by atoms with E-state index in [-0.39, 0.29) is 24.7 Å². The summed E-state index contributed by atoms with van der Waals surface area (Å²) >= 11 is 0. The quantitative estimate of drug-likeness (QED) is 0.636. The summed E-state index contributed by atoms with van der Waals surface area (Å²) in [7, 11) is 0. The van der Waals surface area contributed by atoms with Crippen LogP contribution in [0.3, 0.4) is 0 Å². The Morgan fingerprint density at radius 3 is 2.20 bits per heavy atom. The lowest BCUT2D eigenvalue weighted by atomic mass is 9.53. The van der Waals surface area contributed by atoms with Gasteiger partial charge in [-0.2, -0.15) is 0 Å². The normalized spacial score (nSPS) is 44.7. The van der Waals surface area contributed by atoms with Gasteiger partial charge < -0.3 is 20.7 Å². The molecule has 4 saturated carbocycles. The average Bonchev–Trinajstić information content (AvgIpc) is 2.78. The molecule has 6 fully saturated rings. The fraction of sp³-hybridized carbons (Fsp3) is 0.778. The molecule has 0 aromatic carbocycles. The molecule has 4 aliphatic carbocycles. The highest BCUT2D eigenvalue weighted by atomic mass is 16.5. The second-order valence-corrected chi connectivity index (χ2v) is 8.39. The van der Waals surface area contributed by atoms with Crippen LogP contribution in [0.15, 0.2) is 11.8 Å². The van der Waals surface area contributed by atoms with Gasteiger partial charge in [-0.3, -0.25) is 9.69 Å². The Morgan fingerprint density at radius 1 is 1.24 bits per heavy atom. The van der Waals surface area contributed by atoms with Gasteiger partial charge in [0.25, 0.3) is 0 Å². The van der Waals surface area contributed by atoms with Crippen molar-refractivity contribution >= 4 is 11.9 Å². The zero-order chi connectivity index (χ0) is 17.8. The molecule has 2 atom stereocenters. The maximum Gasteiger partial charge on any atom is 0.334 e. The van der Waals surface area contributed by atoms with Gasteiger partial charge in [0, 0.05) is 5.54 Å². The fourth-order valence-electron chi connectivity index (χ4n) is 5.84. The minimum Gasteiger partial charge on any atom is -0.479 e. The lowest BCUT2D eigenvalue weighted by Crippen LogP contribution is -2.55. The van der Waals surface area contributed by atoms with Gasteiger partial charge in [0.2, 0.25) is 5.91 Å². The van der Waals surface area contributed by atoms with Crippen LogP contribution in [0.1, 0.15) is 44.9 Å². The Balaban J connectivity index is 0.000000128. The largest absolute Gasteiger partial charge is 0.479 e. The molecule has 7 heteroatoms. The highest BCUT2D eigenvalue weighted by Crippen LogP contribution is 2.54. The highest BCUT2D eigenvalue weighted by Gasteiger charge is 2.53. The molecule has 2 aliphatic heterocycles. The van der Waals surface area contributed by atoms with Crippen molar-refractivity contribution in [3.63, 3.8) is 0 Å². The van der Waals surface area contributed by atoms with Crippen molar-refractivity contribution in [2.75, 3.05) is 6.61 Å². The lowest BCUT2D eigenvalue weighted by molar-refractivity contribution is -0.163. The third-order valence-electron chi connectivity index (χ3n) is 6.38. The first kappa shape index (κ1) is 16.8. The minimum atomic E-state index is -1.14. The van der Waals surface area contributed by atoms with E-state index in [1.165, 1.54) is 49.5 Å². The second kappa shape index (κ2) is 5.99. The van der Waals surface area contributed by atoms with Crippen molar-refractivity contribution in [3.8, 4) is 0 Å². The number of aliphatic hydroxyl groups excluding tert-OH is 1. The van der Waals surface area contributed by atoms with Crippen LogP contribution in [-0.4, -0.2) is 51.4 Å². The highest BCUT2D eigenvalue weighted by molar-refractivity contribution is 5.91. The van der Waals surface area contributed by atoms with E-state index in [9.17, 15) is 9.59 Å². The Kier molecular flexibility index (Phi) is 4.03. The molecule has 0 aromatic rings. The van der Waals surface area contributed by atoms with Crippen LogP contribution in [0.25, 0.3) is 0 Å². The van der Waals surface area contributed by atoms with E-state index in [4.69, 9.17) is 20.7 Å². The summed E-state index contributed by atoms with van der Waals surface area (Å²) in [6.07, 6.45) is 9.60. The summed E-state index contributed by atoms with van der Waals surface area (Å²) in [5, 5.41) is 17.5. The van der Waals surface area contributed by atoms with E-state index in [1.54, 1.807) is 0 Å². The maximum atomic E-state index is 11.1. The molecular formula is C18H26N2O5. The molecule has 25 heavy (non-hydrogen) atoms. The molecule has 0 spiro atoms. The standard InChI is InChI=1S/C10H17N.C8H9NO5/c11-10-4-7-1-8(5-10)3-9(2-7)6-10;10-2-1-4-7(8(12)13)9-5(11)3-6(9)14-4/h7-9H,1-6,11H2;1,6-7,10H,2-3H2,(H,12,13)/b;4-1-/t;6-,7-/m.1/s1. The smallest absolute Gasteiger partial charge is 0.334 e. The number of carboxylic acids is 1. The van der Waals surface area contributed by atoms with Gasteiger partial charge >= 0.3 is 5.97 Å². The SMILES string of the molecule is NC12CC3CC(CC(C3)C1)C2.O=C(O)[C@H]1/C(=C/CO)O[C@@H]2CC(=O)N21. The van der Waals surface area contributed by atoms with Crippen LogP contribution in [0.4, 0.5) is 0 Å². The molecule has 1 amide bonds. The van der Waals surface area contributed by atoms with Crippen LogP contribution in [0.2, 0.25) is 0 Å². The number of β-lactam (4-membered cyclic amide) rings is 1. The molecule has 2 heterocycles. The number of amides is 1. The summed E-state index contributed by atoms with van der Waals surface area (Å²) in [4.78, 5) is 23.1. The number of hydrogen-bond donors (Lipinski definition) is 3. The van der Waals surface area contributed by atoms with Gasteiger partial charge in [-0.05, 0) is 62.4 Å². The minimum absolute atomic E-state index is 0.149. The van der Waals surface area contributed by atoms with Gasteiger partial charge in [-0.25, -0.2) is 4.79 Å². The molecule has 0 unspecified atom stereocenters. The van der Waals surface area contributed by atoms with Crippen molar-refractivity contribution in [1.82, 2.24) is 4.90 Å². The first-order valence-electron chi connectivity index (χ1n) is 9.19. The fourth-order valence-corrected chi connectivity index (χ4v) is 5.84. The summed E-state index contributed by atoms with van der Waals surface area (Å²) in [6.45, 7) is -0.298. The van der Waals surface area contributed by atoms with E-state index in [0.717, 1.165) is 17.8 Å². The second-order valence-electron chi connectivity index (χ2n) is 8.39. The Labute approximate surface area is 146 Å². The van der Waals surface area contributed by atoms with Gasteiger partial charge in [0.1, 0.15) is 5.76 Å². The Hall–Kier alpha value is -1.60. The third kappa shape index (κ3) is 2.93. The number of ether oxygens (including phenoxy) is 1. The molecule has 4 bridgehead atoms. The number of carbonyl (C=O) groups is 2. The Bertz CT molecular complexity index is 581. The number of carboxylic acid groups (broad SMARTS) is 1. The zero-order valence-electron chi connectivity index (χ0n) is 14.3. The number of aliphatic hydroxyl groups is 1. The van der Waals surface area contributed by atoms with E-state index >= 15 is 0 Å². The maximum absolute atomic E-state index is 11.1. The molecule has 6 aliphatic rings. The number of fused-ring (bicyclic) bond motifs is 1. The molecular weight excluding hydrogens is 324 g/mol. The molecule has 7 nitrogen and oxygen atoms in total. The van der Waals surface area contributed by atoms with Gasteiger partial charge in [0.05, 0.1) is 13.0 Å². The monoisotopic (exact) mass is 350 g/mol. The van der Waals surface area contributed by atoms with Crippen molar-refractivity contribution in [2.24, 2.45) is 23.5 Å². The van der Waals surface area contributed by atoms with Crippen LogP contribution in [-0.2, 0) is 14.3 Å². The number of carbonyl (C=O) groups excluding carboxylic acids is 1. The molecule has 0 aromatic heterocycles. The van der Waals surface area contributed by atoms with Crippen molar-refractivity contribution in [1.29, 1.82) is 0 Å². The number of aliphatic carboxylic acids is 1. The van der Waals surface area contributed by atoms with E-state index < -0.39 is 18.2 Å². The molecule has 4 N–H and O–H groups in total. The van der Waals surface area contributed by atoms with Crippen LogP contribution < -0.4 is 5.73 Å². The van der Waals surface area contributed by atoms with Gasteiger partial charge in [-0.15, -0.1) is 0 Å². The van der Waals surface area contributed by atoms with Crippen LogP contribution in [0, 0.1) is 17.8 Å². The number of hydrogen-bond acceptors (Lipinski definition) is 5. The van der Waals surface area contributed by atoms with Gasteiger partial charge in [0.15, 0.2) is 12.3 Å². The zero-order valence-corrected chi connectivity index (χ0v) is 14.3. The number of nitrogens with zero attached hydrogens (tertiary/aromatic N) is 1. The average molecular weight is 350 g/mol. The number of nitrogens with two attached hydrogens (primary N) is 1. The van der Waals surface area contributed by atoms with Crippen LogP contribution >= 0.6 is 0 Å². The lowest BCUT2D eigenvalue weighted by Gasteiger charge is -2.55. The third-order valence-corrected chi connectivity index (χ3v) is 6.38. The first-order chi connectivity index (χ1) is 11.9. The number of rotatable bonds is 2. The van der Waals surface area contributed by atoms with Crippen LogP contribution in [0.5, 0.6) is 0 Å². The van der Waals surface area contributed by atoms with Crippen molar-refractivity contribution < 1.29 is 24.5 Å². The summed E-state index contributed by atoms with van der Waals surface area (Å²) in [6, 6.07) is -1.06. The molecule has 6 rings (SSSR count). The molecule has 2 saturated heterocycles. The topological polar surface area (TPSA) is 113 Å². The van der Waals surface area contributed by atoms with Gasteiger partial charge in [-0.1, -0.05) is 0 Å². The first-order valence-corrected chi connectivity index (χ1v) is 9.19. The van der Waals surface area contributed by atoms with E-state index in [0.29, 0.717) is 5.54 Å². The summed E-state index contributed by atoms with van der Waals surface area (Å²) in [5.74, 6) is 1.84. The van der Waals surface area contributed by atoms with Crippen molar-refractivity contribution in [3.05, 3.63) is 11.8 Å². The summed E-state index contributed by atoms with van der Waals surface area (Å²) in [5.41, 5.74) is 6.62. The Morgan fingerprint density at radius 2 is 1.80 bits per heavy atom. The predicted octanol–water partition coefficient (Wildman–Crippen LogP) is 0.818. The molecule has 138 valence electrons.